The Kier molecular flexibility index (Phi) is 8.06. The topological polar surface area (TPSA) is 76.1 Å². The Labute approximate surface area is 227 Å². The van der Waals surface area contributed by atoms with Gasteiger partial charge in [0.1, 0.15) is 17.2 Å². The number of methoxy groups -OCH3 is 1. The van der Waals surface area contributed by atoms with Crippen LogP contribution in [-0.4, -0.2) is 30.7 Å². The van der Waals surface area contributed by atoms with E-state index in [1.807, 2.05) is 0 Å². The Bertz CT molecular complexity index is 1510. The first kappa shape index (κ1) is 27.8. The second kappa shape index (κ2) is 11.3. The molecule has 3 aromatic carbocycles. The molecule has 204 valence electrons. The van der Waals surface area contributed by atoms with Gasteiger partial charge < -0.3 is 23.7 Å². The van der Waals surface area contributed by atoms with Gasteiger partial charge in [-0.3, -0.25) is 4.98 Å². The Morgan fingerprint density at radius 2 is 1.67 bits per heavy atom. The number of hydrogen-bond donors (Lipinski definition) is 0. The molecule has 0 bridgehead atoms. The summed E-state index contributed by atoms with van der Waals surface area (Å²) in [6.45, 7) is 5.24. The molecule has 0 spiro atoms. The molecule has 0 amide bonds. The fourth-order valence-corrected chi connectivity index (χ4v) is 4.27. The lowest BCUT2D eigenvalue weighted by Crippen LogP contribution is -2.16. The summed E-state index contributed by atoms with van der Waals surface area (Å²) < 4.78 is 63.1. The van der Waals surface area contributed by atoms with Crippen molar-refractivity contribution in [3.8, 4) is 39.9 Å². The zero-order chi connectivity index (χ0) is 28.3. The van der Waals surface area contributed by atoms with Crippen LogP contribution in [0.2, 0.25) is 5.02 Å². The maximum atomic E-state index is 12.4. The Balaban J connectivity index is 1.65. The lowest BCUT2D eigenvalue weighted by molar-refractivity contribution is -0.274. The van der Waals surface area contributed by atoms with E-state index in [9.17, 15) is 18.0 Å². The molecule has 1 aromatic heterocycles. The largest absolute Gasteiger partial charge is 0.573 e. The van der Waals surface area contributed by atoms with E-state index in [0.717, 1.165) is 17.7 Å². The second-order valence-electron chi connectivity index (χ2n) is 8.57. The number of fused-ring (bicyclic) bond motifs is 1. The van der Waals surface area contributed by atoms with Crippen molar-refractivity contribution in [1.29, 1.82) is 0 Å². The SMILES string of the molecule is COc1c(Oc2ccc(OC(F)(F)F)cc2)cc(Cl)c(-c2ccc3c(OC(=O)OC(C)C)ccnc3c2)c1C. The Hall–Kier alpha value is -4.18. The molecular formula is C28H23ClF3NO6. The van der Waals surface area contributed by atoms with Gasteiger partial charge in [-0.1, -0.05) is 17.7 Å². The van der Waals surface area contributed by atoms with Crippen LogP contribution in [0.3, 0.4) is 0 Å². The van der Waals surface area contributed by atoms with Crippen LogP contribution in [0, 0.1) is 6.92 Å². The predicted molar refractivity (Wildman–Crippen MR) is 139 cm³/mol. The van der Waals surface area contributed by atoms with Crippen LogP contribution in [0.4, 0.5) is 18.0 Å². The Morgan fingerprint density at radius 1 is 0.974 bits per heavy atom. The molecule has 0 saturated heterocycles. The van der Waals surface area contributed by atoms with Gasteiger partial charge in [-0.25, -0.2) is 4.79 Å². The molecule has 39 heavy (non-hydrogen) atoms. The van der Waals surface area contributed by atoms with Gasteiger partial charge in [-0.05, 0) is 62.7 Å². The highest BCUT2D eigenvalue weighted by Gasteiger charge is 2.31. The van der Waals surface area contributed by atoms with Crippen molar-refractivity contribution in [2.24, 2.45) is 0 Å². The van der Waals surface area contributed by atoms with Gasteiger partial charge in [0.15, 0.2) is 11.5 Å². The molecule has 1 heterocycles. The molecule has 0 aliphatic rings. The maximum absolute atomic E-state index is 12.4. The van der Waals surface area contributed by atoms with Crippen LogP contribution in [0.15, 0.2) is 60.8 Å². The molecule has 0 radical (unpaired) electrons. The van der Waals surface area contributed by atoms with Crippen molar-refractivity contribution in [2.45, 2.75) is 33.2 Å². The summed E-state index contributed by atoms with van der Waals surface area (Å²) in [5.41, 5.74) is 2.59. The molecule has 11 heteroatoms. The van der Waals surface area contributed by atoms with Crippen molar-refractivity contribution in [3.05, 3.63) is 71.4 Å². The van der Waals surface area contributed by atoms with Crippen molar-refractivity contribution < 1.29 is 41.7 Å². The maximum Gasteiger partial charge on any atom is 0.573 e. The number of nitrogens with zero attached hydrogens (tertiary/aromatic N) is 1. The summed E-state index contributed by atoms with van der Waals surface area (Å²) in [6, 6.07) is 13.4. The lowest BCUT2D eigenvalue weighted by Gasteiger charge is -2.18. The number of aromatic nitrogens is 1. The van der Waals surface area contributed by atoms with E-state index in [1.165, 1.54) is 25.4 Å². The van der Waals surface area contributed by atoms with Gasteiger partial charge in [0.2, 0.25) is 0 Å². The minimum atomic E-state index is -4.79. The summed E-state index contributed by atoms with van der Waals surface area (Å²) >= 11 is 6.68. The quantitative estimate of drug-likeness (QED) is 0.209. The minimum absolute atomic E-state index is 0.254. The zero-order valence-electron chi connectivity index (χ0n) is 21.3. The third-order valence-electron chi connectivity index (χ3n) is 5.44. The fourth-order valence-electron chi connectivity index (χ4n) is 3.92. The summed E-state index contributed by atoms with van der Waals surface area (Å²) in [5.74, 6) is 0.831. The molecular weight excluding hydrogens is 539 g/mol. The number of pyridine rings is 1. The second-order valence-corrected chi connectivity index (χ2v) is 8.98. The molecule has 0 unspecified atom stereocenters. The molecule has 4 aromatic rings. The van der Waals surface area contributed by atoms with Crippen molar-refractivity contribution >= 4 is 28.7 Å². The summed E-state index contributed by atoms with van der Waals surface area (Å²) in [7, 11) is 1.47. The number of rotatable bonds is 7. The molecule has 0 saturated carbocycles. The molecule has 0 N–H and O–H groups in total. The fraction of sp³-hybridized carbons (Fsp3) is 0.214. The summed E-state index contributed by atoms with van der Waals surface area (Å²) in [5, 5.41) is 0.938. The molecule has 0 aliphatic carbocycles. The smallest absolute Gasteiger partial charge is 0.493 e. The zero-order valence-corrected chi connectivity index (χ0v) is 22.0. The third-order valence-corrected chi connectivity index (χ3v) is 5.74. The van der Waals surface area contributed by atoms with Gasteiger partial charge in [0.25, 0.3) is 0 Å². The van der Waals surface area contributed by atoms with Gasteiger partial charge >= 0.3 is 12.5 Å². The van der Waals surface area contributed by atoms with E-state index < -0.39 is 12.5 Å². The number of alkyl halides is 3. The van der Waals surface area contributed by atoms with Gasteiger partial charge in [-0.2, -0.15) is 0 Å². The van der Waals surface area contributed by atoms with E-state index >= 15 is 0 Å². The van der Waals surface area contributed by atoms with Gasteiger partial charge in [-0.15, -0.1) is 13.2 Å². The molecule has 0 fully saturated rings. The number of carbonyl (C=O) groups is 1. The minimum Gasteiger partial charge on any atom is -0.493 e. The average molecular weight is 562 g/mol. The first-order valence-electron chi connectivity index (χ1n) is 11.6. The van der Waals surface area contributed by atoms with E-state index in [-0.39, 0.29) is 23.4 Å². The first-order valence-corrected chi connectivity index (χ1v) is 12.0. The van der Waals surface area contributed by atoms with Crippen LogP contribution >= 0.6 is 11.6 Å². The highest BCUT2D eigenvalue weighted by molar-refractivity contribution is 6.34. The summed E-state index contributed by atoms with van der Waals surface area (Å²) in [4.78, 5) is 16.4. The van der Waals surface area contributed by atoms with E-state index in [1.54, 1.807) is 51.1 Å². The van der Waals surface area contributed by atoms with Gasteiger partial charge in [0.05, 0.1) is 23.8 Å². The van der Waals surface area contributed by atoms with Crippen LogP contribution in [0.5, 0.6) is 28.7 Å². The predicted octanol–water partition coefficient (Wildman–Crippen LogP) is 8.49. The van der Waals surface area contributed by atoms with Crippen molar-refractivity contribution in [3.63, 3.8) is 0 Å². The molecule has 0 aliphatic heterocycles. The van der Waals surface area contributed by atoms with Gasteiger partial charge in [0, 0.05) is 34.8 Å². The summed E-state index contributed by atoms with van der Waals surface area (Å²) in [6.07, 6.45) is -4.42. The first-order chi connectivity index (χ1) is 18.4. The van der Waals surface area contributed by atoms with E-state index in [0.29, 0.717) is 38.6 Å². The van der Waals surface area contributed by atoms with E-state index in [4.69, 9.17) is 30.5 Å². The monoisotopic (exact) mass is 561 g/mol. The molecule has 0 atom stereocenters. The highest BCUT2D eigenvalue weighted by Crippen LogP contribution is 2.45. The van der Waals surface area contributed by atoms with Crippen molar-refractivity contribution in [2.75, 3.05) is 7.11 Å². The molecule has 7 nitrogen and oxygen atoms in total. The number of carbonyl (C=O) groups excluding carboxylic acids is 1. The number of benzene rings is 3. The third kappa shape index (κ3) is 6.64. The van der Waals surface area contributed by atoms with E-state index in [2.05, 4.69) is 9.72 Å². The average Bonchev–Trinajstić information content (AvgIpc) is 2.84. The van der Waals surface area contributed by atoms with Crippen LogP contribution in [-0.2, 0) is 4.74 Å². The lowest BCUT2D eigenvalue weighted by atomic mass is 9.97. The van der Waals surface area contributed by atoms with Crippen LogP contribution in [0.1, 0.15) is 19.4 Å². The normalized spacial score (nSPS) is 11.4. The van der Waals surface area contributed by atoms with Crippen LogP contribution < -0.4 is 18.9 Å². The number of ether oxygens (including phenoxy) is 5. The molecule has 4 rings (SSSR count). The number of hydrogen-bond acceptors (Lipinski definition) is 7. The highest BCUT2D eigenvalue weighted by atomic mass is 35.5. The number of halogens is 4. The Morgan fingerprint density at radius 3 is 2.31 bits per heavy atom. The van der Waals surface area contributed by atoms with Crippen LogP contribution in [0.25, 0.3) is 22.0 Å². The standard InChI is InChI=1S/C28H23ClF3NO6/c1-15(2)36-27(34)38-23-11-12-33-22-13-17(5-10-20(22)23)25-16(3)26(35-4)24(14-21(25)29)37-18-6-8-19(9-7-18)39-28(30,31)32/h5-15H,1-4H3. The van der Waals surface area contributed by atoms with Crippen molar-refractivity contribution in [1.82, 2.24) is 4.98 Å².